The second kappa shape index (κ2) is 9.62. The van der Waals surface area contributed by atoms with Crippen LogP contribution in [0.4, 0.5) is 33.3 Å². The van der Waals surface area contributed by atoms with Gasteiger partial charge >= 0.3 is 6.36 Å². The number of carbonyl (C=O) groups excluding carboxylic acids is 1. The minimum atomic E-state index is -4.82. The highest BCUT2D eigenvalue weighted by Crippen LogP contribution is 2.35. The van der Waals surface area contributed by atoms with Gasteiger partial charge in [-0.3, -0.25) is 9.69 Å². The number of alkyl halides is 5. The number of ether oxygens (including phenoxy) is 2. The lowest BCUT2D eigenvalue weighted by molar-refractivity contribution is -0.274. The predicted molar refractivity (Wildman–Crippen MR) is 119 cm³/mol. The molecule has 0 radical (unpaired) electrons. The first kappa shape index (κ1) is 24.6. The Balaban J connectivity index is 1.41. The summed E-state index contributed by atoms with van der Waals surface area (Å²) in [6, 6.07) is 8.77. The molecule has 2 N–H and O–H groups in total. The van der Waals surface area contributed by atoms with E-state index in [0.717, 1.165) is 17.7 Å². The summed E-state index contributed by atoms with van der Waals surface area (Å²) in [7, 11) is 0. The molecule has 186 valence electrons. The minimum absolute atomic E-state index is 0.0182. The molecule has 2 aliphatic rings. The van der Waals surface area contributed by atoms with E-state index in [1.54, 1.807) is 23.1 Å². The summed E-state index contributed by atoms with van der Waals surface area (Å²) < 4.78 is 73.5. The molecule has 11 heteroatoms. The van der Waals surface area contributed by atoms with Gasteiger partial charge < -0.3 is 20.1 Å². The number of amides is 1. The van der Waals surface area contributed by atoms with E-state index in [9.17, 15) is 26.7 Å². The molecule has 1 unspecified atom stereocenters. The summed E-state index contributed by atoms with van der Waals surface area (Å²) in [6.07, 6.45) is -5.96. The zero-order valence-electron chi connectivity index (χ0n) is 18.6. The van der Waals surface area contributed by atoms with Crippen molar-refractivity contribution in [1.82, 2.24) is 4.90 Å². The molecular formula is C24H22F5N3O3. The first-order valence-corrected chi connectivity index (χ1v) is 10.8. The van der Waals surface area contributed by atoms with E-state index in [1.165, 1.54) is 6.07 Å². The molecule has 2 heterocycles. The molecule has 2 aromatic carbocycles. The molecule has 2 aliphatic heterocycles. The molecule has 2 aromatic rings. The summed E-state index contributed by atoms with van der Waals surface area (Å²) in [5.41, 5.74) is 2.14. The maximum absolute atomic E-state index is 13.4. The number of hydrogen-bond acceptors (Lipinski definition) is 5. The zero-order chi connectivity index (χ0) is 25.2. The average Bonchev–Trinajstić information content (AvgIpc) is 3.12. The molecule has 0 aromatic heterocycles. The van der Waals surface area contributed by atoms with Crippen LogP contribution in [-0.2, 0) is 4.79 Å². The third kappa shape index (κ3) is 6.54. The lowest BCUT2D eigenvalue weighted by Gasteiger charge is -2.27. The lowest BCUT2D eigenvalue weighted by Crippen LogP contribution is -2.41. The van der Waals surface area contributed by atoms with Crippen molar-refractivity contribution in [3.63, 3.8) is 0 Å². The molecule has 0 bridgehead atoms. The normalized spacial score (nSPS) is 19.0. The Labute approximate surface area is 198 Å². The topological polar surface area (TPSA) is 62.8 Å². The zero-order valence-corrected chi connectivity index (χ0v) is 18.6. The molecule has 4 rings (SSSR count). The number of fused-ring (bicyclic) bond motifs is 1. The van der Waals surface area contributed by atoms with Gasteiger partial charge in [0.25, 0.3) is 11.8 Å². The fourth-order valence-electron chi connectivity index (χ4n) is 3.76. The van der Waals surface area contributed by atoms with Crippen LogP contribution in [-0.4, -0.2) is 55.4 Å². The van der Waals surface area contributed by atoms with Gasteiger partial charge in [0, 0.05) is 24.6 Å². The van der Waals surface area contributed by atoms with Gasteiger partial charge in [-0.2, -0.15) is 0 Å². The minimum Gasteiger partial charge on any atom is -0.477 e. The first-order chi connectivity index (χ1) is 16.5. The van der Waals surface area contributed by atoms with Crippen LogP contribution < -0.4 is 20.1 Å². The fourth-order valence-corrected chi connectivity index (χ4v) is 3.76. The molecule has 6 nitrogen and oxygen atoms in total. The van der Waals surface area contributed by atoms with Gasteiger partial charge in [0.05, 0.1) is 31.0 Å². The van der Waals surface area contributed by atoms with Crippen LogP contribution in [0.1, 0.15) is 17.5 Å². The summed E-state index contributed by atoms with van der Waals surface area (Å²) in [6.45, 7) is 2.01. The predicted octanol–water partition coefficient (Wildman–Crippen LogP) is 4.40. The second-order valence-electron chi connectivity index (χ2n) is 8.35. The quantitative estimate of drug-likeness (QED) is 0.487. The Morgan fingerprint density at radius 1 is 1.29 bits per heavy atom. The van der Waals surface area contributed by atoms with E-state index < -0.39 is 30.0 Å². The molecule has 1 saturated heterocycles. The fraction of sp³-hybridized carbons (Fsp3) is 0.375. The van der Waals surface area contributed by atoms with Crippen molar-refractivity contribution >= 4 is 17.3 Å². The van der Waals surface area contributed by atoms with E-state index in [0.29, 0.717) is 11.3 Å². The van der Waals surface area contributed by atoms with Crippen LogP contribution in [0.5, 0.6) is 11.5 Å². The molecule has 0 aliphatic carbocycles. The van der Waals surface area contributed by atoms with Crippen LogP contribution >= 0.6 is 0 Å². The van der Waals surface area contributed by atoms with Gasteiger partial charge in [0.15, 0.2) is 6.10 Å². The van der Waals surface area contributed by atoms with Crippen LogP contribution in [0.25, 0.3) is 0 Å². The SMILES string of the molecule is Cc1ccc(NC(=O)C2CNc3cc(OC(F)(F)F)ccc3O2)c(C#CCN2CCC(F)(F)C2)c1. The highest BCUT2D eigenvalue weighted by Gasteiger charge is 2.37. The number of carbonyl (C=O) groups is 1. The summed E-state index contributed by atoms with van der Waals surface area (Å²) >= 11 is 0. The van der Waals surface area contributed by atoms with Crippen LogP contribution in [0.15, 0.2) is 36.4 Å². The van der Waals surface area contributed by atoms with Gasteiger partial charge in [0.2, 0.25) is 0 Å². The Morgan fingerprint density at radius 3 is 2.80 bits per heavy atom. The average molecular weight is 495 g/mol. The molecule has 1 amide bonds. The third-order valence-corrected chi connectivity index (χ3v) is 5.43. The number of hydrogen-bond donors (Lipinski definition) is 2. The van der Waals surface area contributed by atoms with E-state index >= 15 is 0 Å². The summed E-state index contributed by atoms with van der Waals surface area (Å²) in [5.74, 6) is 2.46. The second-order valence-corrected chi connectivity index (χ2v) is 8.35. The maximum atomic E-state index is 13.4. The maximum Gasteiger partial charge on any atom is 0.573 e. The highest BCUT2D eigenvalue weighted by molar-refractivity contribution is 5.96. The molecule has 1 fully saturated rings. The number of aryl methyl sites for hydroxylation is 1. The molecule has 0 spiro atoms. The van der Waals surface area contributed by atoms with E-state index in [-0.39, 0.29) is 44.0 Å². The number of halogens is 5. The molecule has 0 saturated carbocycles. The van der Waals surface area contributed by atoms with E-state index in [1.807, 2.05) is 6.92 Å². The number of likely N-dealkylation sites (tertiary alicyclic amines) is 1. The Hall–Kier alpha value is -3.52. The van der Waals surface area contributed by atoms with Crippen molar-refractivity contribution in [3.05, 3.63) is 47.5 Å². The molecule has 35 heavy (non-hydrogen) atoms. The standard InChI is InChI=1S/C24H22F5N3O3/c1-15-4-6-18(16(11-15)3-2-9-32-10-8-23(25,26)14-32)31-22(33)21-13-30-19-12-17(35-24(27,28)29)5-7-20(19)34-21/h4-7,11-12,21,30H,8-10,13-14H2,1H3,(H,31,33). The van der Waals surface area contributed by atoms with Crippen molar-refractivity contribution in [1.29, 1.82) is 0 Å². The third-order valence-electron chi connectivity index (χ3n) is 5.43. The molecular weight excluding hydrogens is 473 g/mol. The molecule has 1 atom stereocenters. The van der Waals surface area contributed by atoms with Crippen LogP contribution in [0.3, 0.4) is 0 Å². The number of nitrogens with zero attached hydrogens (tertiary/aromatic N) is 1. The Bertz CT molecular complexity index is 1170. The Kier molecular flexibility index (Phi) is 6.76. The largest absolute Gasteiger partial charge is 0.573 e. The van der Waals surface area contributed by atoms with Gasteiger partial charge in [0.1, 0.15) is 11.5 Å². The number of nitrogens with one attached hydrogen (secondary N) is 2. The smallest absolute Gasteiger partial charge is 0.477 e. The van der Waals surface area contributed by atoms with Gasteiger partial charge in [-0.15, -0.1) is 13.2 Å². The van der Waals surface area contributed by atoms with Crippen molar-refractivity contribution in [3.8, 4) is 23.3 Å². The van der Waals surface area contributed by atoms with E-state index in [2.05, 4.69) is 27.2 Å². The number of benzene rings is 2. The van der Waals surface area contributed by atoms with Crippen LogP contribution in [0, 0.1) is 18.8 Å². The lowest BCUT2D eigenvalue weighted by atomic mass is 10.1. The number of anilines is 2. The van der Waals surface area contributed by atoms with Crippen LogP contribution in [0.2, 0.25) is 0 Å². The monoisotopic (exact) mass is 495 g/mol. The first-order valence-electron chi connectivity index (χ1n) is 10.8. The highest BCUT2D eigenvalue weighted by atomic mass is 19.4. The van der Waals surface area contributed by atoms with Gasteiger partial charge in [-0.05, 0) is 36.8 Å². The van der Waals surface area contributed by atoms with Crippen molar-refractivity contribution < 1.29 is 36.2 Å². The summed E-state index contributed by atoms with van der Waals surface area (Å²) in [4.78, 5) is 14.4. The Morgan fingerprint density at radius 2 is 2.09 bits per heavy atom. The number of rotatable bonds is 4. The van der Waals surface area contributed by atoms with Crippen molar-refractivity contribution in [2.45, 2.75) is 31.7 Å². The summed E-state index contributed by atoms with van der Waals surface area (Å²) in [5, 5.41) is 5.63. The van der Waals surface area contributed by atoms with Crippen molar-refractivity contribution in [2.24, 2.45) is 0 Å². The van der Waals surface area contributed by atoms with Gasteiger partial charge in [-0.25, -0.2) is 8.78 Å². The van der Waals surface area contributed by atoms with E-state index in [4.69, 9.17) is 4.74 Å². The van der Waals surface area contributed by atoms with Gasteiger partial charge in [-0.1, -0.05) is 17.9 Å². The van der Waals surface area contributed by atoms with Crippen molar-refractivity contribution in [2.75, 3.05) is 36.8 Å².